The number of amides is 2. The summed E-state index contributed by atoms with van der Waals surface area (Å²) in [6.45, 7) is 1.79. The molecule has 8 heteroatoms. The van der Waals surface area contributed by atoms with Gasteiger partial charge in [-0.15, -0.1) is 0 Å². The summed E-state index contributed by atoms with van der Waals surface area (Å²) in [6, 6.07) is 0.0117. The van der Waals surface area contributed by atoms with Crippen molar-refractivity contribution >= 4 is 17.5 Å². The molecule has 2 fully saturated rings. The molecule has 3 heterocycles. The number of hydrogen-bond acceptors (Lipinski definition) is 5. The summed E-state index contributed by atoms with van der Waals surface area (Å²) in [5, 5.41) is 16.3. The van der Waals surface area contributed by atoms with Crippen LogP contribution in [-0.4, -0.2) is 62.2 Å². The third kappa shape index (κ3) is 3.66. The number of likely N-dealkylation sites (tertiary alicyclic amines) is 1. The second-order valence-corrected chi connectivity index (χ2v) is 7.47. The van der Waals surface area contributed by atoms with Crippen molar-refractivity contribution in [3.05, 3.63) is 29.7 Å². The monoisotopic (exact) mass is 371 g/mol. The highest BCUT2D eigenvalue weighted by atomic mass is 16.3. The fourth-order valence-electron chi connectivity index (χ4n) is 4.13. The Hall–Kier alpha value is -2.48. The van der Waals surface area contributed by atoms with E-state index >= 15 is 0 Å². The van der Waals surface area contributed by atoms with Crippen molar-refractivity contribution in [3.63, 3.8) is 0 Å². The van der Waals surface area contributed by atoms with Crippen LogP contribution in [0.1, 0.15) is 48.0 Å². The molecule has 1 aliphatic carbocycles. The summed E-state index contributed by atoms with van der Waals surface area (Å²) in [5.41, 5.74) is 1.79. The first kappa shape index (κ1) is 17.9. The zero-order chi connectivity index (χ0) is 18.8. The molecule has 0 bridgehead atoms. The van der Waals surface area contributed by atoms with E-state index in [9.17, 15) is 9.59 Å². The van der Waals surface area contributed by atoms with Gasteiger partial charge in [-0.3, -0.25) is 9.59 Å². The first-order valence-electron chi connectivity index (χ1n) is 9.68. The maximum Gasteiger partial charge on any atom is 0.256 e. The van der Waals surface area contributed by atoms with Crippen molar-refractivity contribution < 1.29 is 14.7 Å². The van der Waals surface area contributed by atoms with Crippen molar-refractivity contribution in [2.45, 2.75) is 44.6 Å². The third-order valence-electron chi connectivity index (χ3n) is 5.59. The second kappa shape index (κ2) is 7.64. The van der Waals surface area contributed by atoms with Gasteiger partial charge in [-0.1, -0.05) is 0 Å². The predicted molar refractivity (Wildman–Crippen MR) is 98.2 cm³/mol. The molecule has 0 spiro atoms. The van der Waals surface area contributed by atoms with Crippen LogP contribution in [0.15, 0.2) is 18.6 Å². The van der Waals surface area contributed by atoms with Crippen LogP contribution in [0.5, 0.6) is 0 Å². The number of hydrogen-bond donors (Lipinski definition) is 2. The van der Waals surface area contributed by atoms with Crippen LogP contribution in [0.4, 0.5) is 0 Å². The fraction of sp³-hybridized carbons (Fsp3) is 0.579. The number of aliphatic hydroxyl groups is 1. The number of nitrogens with zero attached hydrogens (tertiary/aromatic N) is 4. The molecular weight excluding hydrogens is 346 g/mol. The number of aromatic nitrogens is 3. The Kier molecular flexibility index (Phi) is 5.07. The number of fused-ring (bicyclic) bond motifs is 1. The molecule has 1 saturated heterocycles. The average Bonchev–Trinajstić information content (AvgIpc) is 3.41. The Labute approximate surface area is 157 Å². The SMILES string of the molecule is O=C(NC1CCC(C(=O)N2CCCC2)C1)c1cnn2cc(CCO)cnc12. The van der Waals surface area contributed by atoms with Crippen molar-refractivity contribution in [2.24, 2.45) is 5.92 Å². The van der Waals surface area contributed by atoms with Crippen molar-refractivity contribution in [3.8, 4) is 0 Å². The number of aliphatic hydroxyl groups excluding tert-OH is 1. The molecule has 27 heavy (non-hydrogen) atoms. The van der Waals surface area contributed by atoms with E-state index in [2.05, 4.69) is 15.4 Å². The highest BCUT2D eigenvalue weighted by molar-refractivity contribution is 5.99. The molecule has 144 valence electrons. The van der Waals surface area contributed by atoms with Crippen LogP contribution in [0.25, 0.3) is 5.65 Å². The van der Waals surface area contributed by atoms with Crippen LogP contribution >= 0.6 is 0 Å². The zero-order valence-electron chi connectivity index (χ0n) is 15.3. The Bertz CT molecular complexity index is 843. The number of nitrogens with one attached hydrogen (secondary N) is 1. The molecule has 0 radical (unpaired) electrons. The van der Waals surface area contributed by atoms with Gasteiger partial charge in [-0.2, -0.15) is 5.10 Å². The highest BCUT2D eigenvalue weighted by Crippen LogP contribution is 2.29. The normalized spacial score (nSPS) is 22.5. The van der Waals surface area contributed by atoms with E-state index in [4.69, 9.17) is 5.11 Å². The topological polar surface area (TPSA) is 99.8 Å². The van der Waals surface area contributed by atoms with E-state index in [0.29, 0.717) is 24.1 Å². The minimum atomic E-state index is -0.202. The number of rotatable bonds is 5. The second-order valence-electron chi connectivity index (χ2n) is 7.47. The van der Waals surface area contributed by atoms with Gasteiger partial charge in [0, 0.05) is 44.0 Å². The maximum absolute atomic E-state index is 12.7. The largest absolute Gasteiger partial charge is 0.396 e. The molecule has 8 nitrogen and oxygen atoms in total. The smallest absolute Gasteiger partial charge is 0.256 e. The molecule has 2 aromatic rings. The van der Waals surface area contributed by atoms with E-state index in [1.165, 1.54) is 6.20 Å². The molecule has 2 aromatic heterocycles. The molecule has 2 amide bonds. The summed E-state index contributed by atoms with van der Waals surface area (Å²) in [7, 11) is 0. The quantitative estimate of drug-likeness (QED) is 0.809. The van der Waals surface area contributed by atoms with Crippen LogP contribution in [-0.2, 0) is 11.2 Å². The van der Waals surface area contributed by atoms with Gasteiger partial charge in [-0.05, 0) is 44.1 Å². The van der Waals surface area contributed by atoms with Gasteiger partial charge in [0.2, 0.25) is 5.91 Å². The van der Waals surface area contributed by atoms with Gasteiger partial charge >= 0.3 is 0 Å². The van der Waals surface area contributed by atoms with Gasteiger partial charge in [0.15, 0.2) is 5.65 Å². The lowest BCUT2D eigenvalue weighted by atomic mass is 10.1. The molecule has 2 unspecified atom stereocenters. The zero-order valence-corrected chi connectivity index (χ0v) is 15.3. The minimum Gasteiger partial charge on any atom is -0.396 e. The predicted octanol–water partition coefficient (Wildman–Crippen LogP) is 0.785. The van der Waals surface area contributed by atoms with Crippen LogP contribution in [0, 0.1) is 5.92 Å². The molecule has 0 aromatic carbocycles. The molecule has 2 aliphatic rings. The van der Waals surface area contributed by atoms with Crippen LogP contribution in [0.2, 0.25) is 0 Å². The fourth-order valence-corrected chi connectivity index (χ4v) is 4.13. The summed E-state index contributed by atoms with van der Waals surface area (Å²) in [6.07, 6.45) is 10.00. The Morgan fingerprint density at radius 3 is 2.81 bits per heavy atom. The van der Waals surface area contributed by atoms with E-state index in [-0.39, 0.29) is 30.4 Å². The first-order chi connectivity index (χ1) is 13.2. The van der Waals surface area contributed by atoms with E-state index in [1.807, 2.05) is 4.90 Å². The lowest BCUT2D eigenvalue weighted by Gasteiger charge is -2.20. The summed E-state index contributed by atoms with van der Waals surface area (Å²) in [4.78, 5) is 31.5. The number of carbonyl (C=O) groups is 2. The maximum atomic E-state index is 12.7. The Morgan fingerprint density at radius 2 is 2.04 bits per heavy atom. The Balaban J connectivity index is 1.39. The minimum absolute atomic E-state index is 0.0117. The van der Waals surface area contributed by atoms with Gasteiger partial charge in [-0.25, -0.2) is 9.50 Å². The van der Waals surface area contributed by atoms with Crippen molar-refractivity contribution in [1.82, 2.24) is 24.8 Å². The lowest BCUT2D eigenvalue weighted by Crippen LogP contribution is -2.36. The van der Waals surface area contributed by atoms with Gasteiger partial charge in [0.1, 0.15) is 5.56 Å². The summed E-state index contributed by atoms with van der Waals surface area (Å²) < 4.78 is 1.56. The van der Waals surface area contributed by atoms with Crippen molar-refractivity contribution in [1.29, 1.82) is 0 Å². The summed E-state index contributed by atoms with van der Waals surface area (Å²) >= 11 is 0. The third-order valence-corrected chi connectivity index (χ3v) is 5.59. The lowest BCUT2D eigenvalue weighted by molar-refractivity contribution is -0.134. The summed E-state index contributed by atoms with van der Waals surface area (Å²) in [5.74, 6) is 0.0708. The van der Waals surface area contributed by atoms with Crippen LogP contribution in [0.3, 0.4) is 0 Å². The first-order valence-corrected chi connectivity index (χ1v) is 9.68. The van der Waals surface area contributed by atoms with E-state index in [1.54, 1.807) is 16.9 Å². The van der Waals surface area contributed by atoms with Crippen LogP contribution < -0.4 is 5.32 Å². The molecule has 2 atom stereocenters. The van der Waals surface area contributed by atoms with Gasteiger partial charge in [0.25, 0.3) is 5.91 Å². The molecule has 2 N–H and O–H groups in total. The molecule has 4 rings (SSSR count). The van der Waals surface area contributed by atoms with E-state index < -0.39 is 0 Å². The van der Waals surface area contributed by atoms with Crippen molar-refractivity contribution in [2.75, 3.05) is 19.7 Å². The molecular formula is C19H25N5O3. The number of carbonyl (C=O) groups excluding carboxylic acids is 2. The molecule has 1 aliphatic heterocycles. The van der Waals surface area contributed by atoms with Gasteiger partial charge < -0.3 is 15.3 Å². The Morgan fingerprint density at radius 1 is 1.22 bits per heavy atom. The molecule has 1 saturated carbocycles. The average molecular weight is 371 g/mol. The van der Waals surface area contributed by atoms with Gasteiger partial charge in [0.05, 0.1) is 6.20 Å². The highest BCUT2D eigenvalue weighted by Gasteiger charge is 2.34. The van der Waals surface area contributed by atoms with E-state index in [0.717, 1.165) is 44.3 Å². The standard InChI is InChI=1S/C19H25N5O3/c25-8-5-13-10-20-17-16(11-21-24(17)12-13)18(26)22-15-4-3-14(9-15)19(27)23-6-1-2-7-23/h10-12,14-15,25H,1-9H2,(H,22,26).